The minimum Gasteiger partial charge on any atom is -0.373 e. The lowest BCUT2D eigenvalue weighted by atomic mass is 9.85. The van der Waals surface area contributed by atoms with Crippen molar-refractivity contribution in [3.8, 4) is 0 Å². The Kier molecular flexibility index (Phi) is 5.34. The van der Waals surface area contributed by atoms with E-state index in [0.29, 0.717) is 6.54 Å². The van der Waals surface area contributed by atoms with Gasteiger partial charge in [-0.1, -0.05) is 30.7 Å². The molecule has 2 aliphatic rings. The predicted octanol–water partition coefficient (Wildman–Crippen LogP) is 2.71. The number of rotatable bonds is 5. The van der Waals surface area contributed by atoms with E-state index in [0.717, 1.165) is 32.5 Å². The van der Waals surface area contributed by atoms with Crippen LogP contribution in [0.25, 0.3) is 0 Å². The first-order chi connectivity index (χ1) is 11.1. The maximum Gasteiger partial charge on any atom is 0.223 e. The third kappa shape index (κ3) is 4.33. The average molecular weight is 316 g/mol. The van der Waals surface area contributed by atoms with Gasteiger partial charge in [0.25, 0.3) is 0 Å². The summed E-state index contributed by atoms with van der Waals surface area (Å²) in [4.78, 5) is 14.5. The molecule has 1 aliphatic carbocycles. The van der Waals surface area contributed by atoms with Crippen LogP contribution in [0.5, 0.6) is 0 Å². The van der Waals surface area contributed by atoms with Gasteiger partial charge in [-0.15, -0.1) is 0 Å². The molecule has 4 nitrogen and oxygen atoms in total. The summed E-state index contributed by atoms with van der Waals surface area (Å²) >= 11 is 0. The Bertz CT molecular complexity index is 532. The molecule has 2 fully saturated rings. The molecule has 0 spiro atoms. The Hall–Kier alpha value is -1.39. The lowest BCUT2D eigenvalue weighted by Crippen LogP contribution is -2.45. The van der Waals surface area contributed by atoms with Crippen LogP contribution in [-0.4, -0.2) is 36.1 Å². The van der Waals surface area contributed by atoms with Gasteiger partial charge < -0.3 is 10.1 Å². The summed E-state index contributed by atoms with van der Waals surface area (Å²) in [6, 6.07) is 8.44. The van der Waals surface area contributed by atoms with E-state index in [4.69, 9.17) is 4.74 Å². The standard InChI is InChI=1S/C19H28N2O2/c1-14-11-21(12-15(2)23-14)13-18-7-4-3-6-17(18)10-20-19(22)16-8-5-9-16/h3-4,6-7,14-16H,5,8-13H2,1-2H3,(H,20,22). The molecule has 1 heterocycles. The van der Waals surface area contributed by atoms with Crippen LogP contribution in [0.4, 0.5) is 0 Å². The molecule has 1 amide bonds. The highest BCUT2D eigenvalue weighted by molar-refractivity contribution is 5.79. The molecule has 1 saturated heterocycles. The molecule has 23 heavy (non-hydrogen) atoms. The molecule has 2 unspecified atom stereocenters. The molecule has 1 aliphatic heterocycles. The lowest BCUT2D eigenvalue weighted by Gasteiger charge is -2.35. The zero-order chi connectivity index (χ0) is 16.2. The molecule has 0 aromatic heterocycles. The summed E-state index contributed by atoms with van der Waals surface area (Å²) in [7, 11) is 0. The number of hydrogen-bond donors (Lipinski definition) is 1. The van der Waals surface area contributed by atoms with Gasteiger partial charge in [0.15, 0.2) is 0 Å². The summed E-state index contributed by atoms with van der Waals surface area (Å²) in [6.45, 7) is 7.76. The molecule has 2 atom stereocenters. The summed E-state index contributed by atoms with van der Waals surface area (Å²) in [6.07, 6.45) is 3.87. The van der Waals surface area contributed by atoms with Gasteiger partial charge in [0.1, 0.15) is 0 Å². The van der Waals surface area contributed by atoms with E-state index >= 15 is 0 Å². The van der Waals surface area contributed by atoms with Crippen molar-refractivity contribution in [1.82, 2.24) is 10.2 Å². The van der Waals surface area contributed by atoms with Crippen molar-refractivity contribution in [2.45, 2.75) is 58.4 Å². The van der Waals surface area contributed by atoms with E-state index in [2.05, 4.69) is 48.3 Å². The van der Waals surface area contributed by atoms with Gasteiger partial charge in [-0.3, -0.25) is 9.69 Å². The van der Waals surface area contributed by atoms with Crippen molar-refractivity contribution in [1.29, 1.82) is 0 Å². The molecular weight excluding hydrogens is 288 g/mol. The number of hydrogen-bond acceptors (Lipinski definition) is 3. The summed E-state index contributed by atoms with van der Waals surface area (Å²) in [5.41, 5.74) is 2.54. The monoisotopic (exact) mass is 316 g/mol. The SMILES string of the molecule is CC1CN(Cc2ccccc2CNC(=O)C2CCC2)CC(C)O1. The average Bonchev–Trinajstić information content (AvgIpc) is 2.43. The van der Waals surface area contributed by atoms with E-state index in [1.165, 1.54) is 17.5 Å². The van der Waals surface area contributed by atoms with Gasteiger partial charge in [-0.25, -0.2) is 0 Å². The van der Waals surface area contributed by atoms with Crippen molar-refractivity contribution in [3.05, 3.63) is 35.4 Å². The highest BCUT2D eigenvalue weighted by atomic mass is 16.5. The van der Waals surface area contributed by atoms with Crippen molar-refractivity contribution < 1.29 is 9.53 Å². The number of morpholine rings is 1. The highest BCUT2D eigenvalue weighted by Gasteiger charge is 2.25. The molecule has 1 aromatic carbocycles. The summed E-state index contributed by atoms with van der Waals surface area (Å²) in [5, 5.41) is 3.11. The molecule has 126 valence electrons. The first kappa shape index (κ1) is 16.5. The Morgan fingerprint density at radius 2 is 1.83 bits per heavy atom. The van der Waals surface area contributed by atoms with Gasteiger partial charge >= 0.3 is 0 Å². The first-order valence-electron chi connectivity index (χ1n) is 8.84. The molecule has 1 N–H and O–H groups in total. The molecule has 1 saturated carbocycles. The Balaban J connectivity index is 1.59. The van der Waals surface area contributed by atoms with Crippen LogP contribution in [0.2, 0.25) is 0 Å². The molecule has 1 aromatic rings. The van der Waals surface area contributed by atoms with Crippen molar-refractivity contribution in [2.75, 3.05) is 13.1 Å². The number of benzene rings is 1. The van der Waals surface area contributed by atoms with Crippen LogP contribution in [0.3, 0.4) is 0 Å². The Labute approximate surface area is 139 Å². The number of ether oxygens (including phenoxy) is 1. The summed E-state index contributed by atoms with van der Waals surface area (Å²) in [5.74, 6) is 0.475. The van der Waals surface area contributed by atoms with Crippen LogP contribution in [0.15, 0.2) is 24.3 Å². The molecular formula is C19H28N2O2. The van der Waals surface area contributed by atoms with Crippen LogP contribution >= 0.6 is 0 Å². The van der Waals surface area contributed by atoms with Gasteiger partial charge in [0.05, 0.1) is 12.2 Å². The molecule has 3 rings (SSSR count). The quantitative estimate of drug-likeness (QED) is 0.908. The minimum absolute atomic E-state index is 0.222. The number of amides is 1. The maximum atomic E-state index is 12.0. The maximum absolute atomic E-state index is 12.0. The highest BCUT2D eigenvalue weighted by Crippen LogP contribution is 2.26. The molecule has 4 heteroatoms. The third-order valence-electron chi connectivity index (χ3n) is 4.94. The molecule has 0 bridgehead atoms. The predicted molar refractivity (Wildman–Crippen MR) is 90.9 cm³/mol. The van der Waals surface area contributed by atoms with Crippen molar-refractivity contribution in [3.63, 3.8) is 0 Å². The fraction of sp³-hybridized carbons (Fsp3) is 0.632. The minimum atomic E-state index is 0.222. The van der Waals surface area contributed by atoms with Crippen molar-refractivity contribution in [2.24, 2.45) is 5.92 Å². The van der Waals surface area contributed by atoms with Gasteiger partial charge in [-0.05, 0) is 37.8 Å². The summed E-state index contributed by atoms with van der Waals surface area (Å²) < 4.78 is 5.81. The fourth-order valence-corrected chi connectivity index (χ4v) is 3.54. The fourth-order valence-electron chi connectivity index (χ4n) is 3.54. The van der Waals surface area contributed by atoms with Gasteiger partial charge in [0, 0.05) is 32.1 Å². The van der Waals surface area contributed by atoms with Crippen LogP contribution in [-0.2, 0) is 22.6 Å². The van der Waals surface area contributed by atoms with Crippen molar-refractivity contribution >= 4 is 5.91 Å². The smallest absolute Gasteiger partial charge is 0.223 e. The van der Waals surface area contributed by atoms with Crippen LogP contribution < -0.4 is 5.32 Å². The first-order valence-corrected chi connectivity index (χ1v) is 8.84. The van der Waals surface area contributed by atoms with Crippen LogP contribution in [0.1, 0.15) is 44.2 Å². The zero-order valence-electron chi connectivity index (χ0n) is 14.3. The van der Waals surface area contributed by atoms with E-state index in [9.17, 15) is 4.79 Å². The topological polar surface area (TPSA) is 41.6 Å². The Morgan fingerprint density at radius 1 is 1.17 bits per heavy atom. The second-order valence-corrected chi connectivity index (χ2v) is 7.07. The third-order valence-corrected chi connectivity index (χ3v) is 4.94. The van der Waals surface area contributed by atoms with E-state index in [1.807, 2.05) is 0 Å². The van der Waals surface area contributed by atoms with Gasteiger partial charge in [-0.2, -0.15) is 0 Å². The van der Waals surface area contributed by atoms with Gasteiger partial charge in [0.2, 0.25) is 5.91 Å². The second kappa shape index (κ2) is 7.45. The van der Waals surface area contributed by atoms with E-state index < -0.39 is 0 Å². The van der Waals surface area contributed by atoms with Crippen LogP contribution in [0, 0.1) is 5.92 Å². The number of nitrogens with zero attached hydrogens (tertiary/aromatic N) is 1. The number of carbonyl (C=O) groups is 1. The largest absolute Gasteiger partial charge is 0.373 e. The lowest BCUT2D eigenvalue weighted by molar-refractivity contribution is -0.127. The second-order valence-electron chi connectivity index (χ2n) is 7.07. The Morgan fingerprint density at radius 3 is 2.43 bits per heavy atom. The zero-order valence-corrected chi connectivity index (χ0v) is 14.3. The normalized spacial score (nSPS) is 25.8. The molecule has 0 radical (unpaired) electrons. The van der Waals surface area contributed by atoms with E-state index in [-0.39, 0.29) is 24.0 Å². The van der Waals surface area contributed by atoms with E-state index in [1.54, 1.807) is 0 Å². The number of nitrogens with one attached hydrogen (secondary N) is 1. The number of carbonyl (C=O) groups excluding carboxylic acids is 1.